The quantitative estimate of drug-likeness (QED) is 0.544. The zero-order chi connectivity index (χ0) is 11.6. The molecule has 0 saturated heterocycles. The summed E-state index contributed by atoms with van der Waals surface area (Å²) in [7, 11) is 3.10. The molecule has 0 aromatic rings. The van der Waals surface area contributed by atoms with Crippen LogP contribution in [0.25, 0.3) is 0 Å². The fraction of sp³-hybridized carbons (Fsp3) is 0.917. The average molecular weight is 228 g/mol. The van der Waals surface area contributed by atoms with E-state index in [-0.39, 0.29) is 17.0 Å². The second kappa shape index (κ2) is 4.34. The normalized spacial score (nSPS) is 37.4. The van der Waals surface area contributed by atoms with E-state index in [2.05, 4.69) is 0 Å². The van der Waals surface area contributed by atoms with E-state index < -0.39 is 0 Å². The van der Waals surface area contributed by atoms with Crippen molar-refractivity contribution in [3.8, 4) is 0 Å². The molecular weight excluding hydrogens is 208 g/mol. The summed E-state index contributed by atoms with van der Waals surface area (Å²) in [5.74, 6) is -0.0601. The molecule has 0 aliphatic heterocycles. The van der Waals surface area contributed by atoms with E-state index >= 15 is 0 Å². The molecule has 4 nitrogen and oxygen atoms in total. The summed E-state index contributed by atoms with van der Waals surface area (Å²) < 4.78 is 15.7. The topological polar surface area (TPSA) is 44.8 Å². The lowest BCUT2D eigenvalue weighted by Crippen LogP contribution is -2.40. The summed E-state index contributed by atoms with van der Waals surface area (Å²) in [5.41, 5.74) is -0.414. The van der Waals surface area contributed by atoms with Crippen molar-refractivity contribution in [2.24, 2.45) is 5.41 Å². The molecule has 0 N–H and O–H groups in total. The summed E-state index contributed by atoms with van der Waals surface area (Å²) in [5, 5.41) is 0. The molecule has 92 valence electrons. The SMILES string of the molecule is COCOC12CCCC(C(=O)OC)(CC1)C2. The van der Waals surface area contributed by atoms with Gasteiger partial charge in [-0.1, -0.05) is 0 Å². The minimum absolute atomic E-state index is 0.0601. The number of ether oxygens (including phenoxy) is 3. The standard InChI is InChI=1S/C12H20O4/c1-14-9-16-12-5-3-4-11(8-12,6-7-12)10(13)15-2/h3-9H2,1-2H3. The van der Waals surface area contributed by atoms with Gasteiger partial charge in [-0.05, 0) is 38.5 Å². The Hall–Kier alpha value is -0.610. The molecule has 2 fully saturated rings. The first-order valence-electron chi connectivity index (χ1n) is 5.88. The smallest absolute Gasteiger partial charge is 0.311 e. The minimum Gasteiger partial charge on any atom is -0.469 e. The second-order valence-electron chi connectivity index (χ2n) is 5.04. The van der Waals surface area contributed by atoms with Gasteiger partial charge in [-0.25, -0.2) is 0 Å². The van der Waals surface area contributed by atoms with Crippen molar-refractivity contribution in [3.63, 3.8) is 0 Å². The van der Waals surface area contributed by atoms with E-state index in [1.54, 1.807) is 7.11 Å². The van der Waals surface area contributed by atoms with E-state index in [9.17, 15) is 4.79 Å². The third-order valence-electron chi connectivity index (χ3n) is 4.11. The maximum atomic E-state index is 11.9. The molecule has 2 aliphatic rings. The number of methoxy groups -OCH3 is 2. The van der Waals surface area contributed by atoms with Crippen molar-refractivity contribution in [3.05, 3.63) is 0 Å². The van der Waals surface area contributed by atoms with E-state index in [1.165, 1.54) is 7.11 Å². The second-order valence-corrected chi connectivity index (χ2v) is 5.04. The molecule has 0 radical (unpaired) electrons. The number of fused-ring (bicyclic) bond motifs is 2. The van der Waals surface area contributed by atoms with Gasteiger partial charge in [-0.3, -0.25) is 4.79 Å². The van der Waals surface area contributed by atoms with E-state index in [1.807, 2.05) is 0 Å². The predicted octanol–water partition coefficient (Wildman–Crippen LogP) is 1.87. The molecule has 2 aliphatic carbocycles. The van der Waals surface area contributed by atoms with Gasteiger partial charge in [-0.15, -0.1) is 0 Å². The van der Waals surface area contributed by atoms with Crippen molar-refractivity contribution < 1.29 is 19.0 Å². The lowest BCUT2D eigenvalue weighted by molar-refractivity contribution is -0.165. The van der Waals surface area contributed by atoms with Gasteiger partial charge in [0.05, 0.1) is 18.1 Å². The number of hydrogen-bond acceptors (Lipinski definition) is 4. The highest BCUT2D eigenvalue weighted by Crippen LogP contribution is 2.55. The van der Waals surface area contributed by atoms with Crippen LogP contribution >= 0.6 is 0 Å². The molecule has 0 spiro atoms. The molecule has 2 bridgehead atoms. The van der Waals surface area contributed by atoms with Gasteiger partial charge in [-0.2, -0.15) is 0 Å². The van der Waals surface area contributed by atoms with Crippen molar-refractivity contribution in [2.75, 3.05) is 21.0 Å². The third kappa shape index (κ3) is 1.84. The number of carbonyl (C=O) groups excluding carboxylic acids is 1. The highest BCUT2D eigenvalue weighted by atomic mass is 16.7. The first-order chi connectivity index (χ1) is 7.66. The fourth-order valence-corrected chi connectivity index (χ4v) is 3.31. The van der Waals surface area contributed by atoms with Gasteiger partial charge >= 0.3 is 5.97 Å². The molecule has 0 amide bonds. The van der Waals surface area contributed by atoms with Crippen LogP contribution < -0.4 is 0 Å². The maximum absolute atomic E-state index is 11.9. The highest BCUT2D eigenvalue weighted by molar-refractivity contribution is 5.77. The van der Waals surface area contributed by atoms with Crippen molar-refractivity contribution in [1.29, 1.82) is 0 Å². The number of carbonyl (C=O) groups is 1. The molecule has 4 heteroatoms. The zero-order valence-electron chi connectivity index (χ0n) is 10.1. The van der Waals surface area contributed by atoms with E-state index in [4.69, 9.17) is 14.2 Å². The van der Waals surface area contributed by atoms with E-state index in [0.717, 1.165) is 38.5 Å². The van der Waals surface area contributed by atoms with Gasteiger partial charge in [0.2, 0.25) is 0 Å². The molecule has 16 heavy (non-hydrogen) atoms. The molecule has 0 aromatic carbocycles. The van der Waals surface area contributed by atoms with Crippen LogP contribution in [0.5, 0.6) is 0 Å². The summed E-state index contributed by atoms with van der Waals surface area (Å²) >= 11 is 0. The number of hydrogen-bond donors (Lipinski definition) is 0. The maximum Gasteiger partial charge on any atom is 0.311 e. The van der Waals surface area contributed by atoms with Crippen LogP contribution in [0.4, 0.5) is 0 Å². The molecule has 2 atom stereocenters. The lowest BCUT2D eigenvalue weighted by Gasteiger charge is -2.37. The largest absolute Gasteiger partial charge is 0.469 e. The molecular formula is C12H20O4. The Bertz CT molecular complexity index is 278. The van der Waals surface area contributed by atoms with Crippen LogP contribution in [0.2, 0.25) is 0 Å². The van der Waals surface area contributed by atoms with Gasteiger partial charge < -0.3 is 14.2 Å². The first-order valence-corrected chi connectivity index (χ1v) is 5.88. The Kier molecular flexibility index (Phi) is 3.22. The summed E-state index contributed by atoms with van der Waals surface area (Å²) in [6.45, 7) is 0.317. The van der Waals surface area contributed by atoms with Gasteiger partial charge in [0.1, 0.15) is 6.79 Å². The van der Waals surface area contributed by atoms with Crippen LogP contribution in [0.3, 0.4) is 0 Å². The lowest BCUT2D eigenvalue weighted by atomic mass is 9.74. The minimum atomic E-state index is -0.277. The Labute approximate surface area is 96.2 Å². The summed E-state index contributed by atoms with van der Waals surface area (Å²) in [4.78, 5) is 11.9. The van der Waals surface area contributed by atoms with Crippen LogP contribution in [0.15, 0.2) is 0 Å². The summed E-state index contributed by atoms with van der Waals surface area (Å²) in [6, 6.07) is 0. The van der Waals surface area contributed by atoms with Crippen LogP contribution in [0, 0.1) is 5.41 Å². The Morgan fingerprint density at radius 2 is 2.00 bits per heavy atom. The highest BCUT2D eigenvalue weighted by Gasteiger charge is 2.56. The Balaban J connectivity index is 2.09. The molecule has 0 aromatic heterocycles. The summed E-state index contributed by atoms with van der Waals surface area (Å²) in [6.07, 6.45) is 5.66. The van der Waals surface area contributed by atoms with Crippen molar-refractivity contribution >= 4 is 5.97 Å². The molecule has 0 heterocycles. The average Bonchev–Trinajstić information content (AvgIpc) is 2.59. The van der Waals surface area contributed by atoms with Gasteiger partial charge in [0.25, 0.3) is 0 Å². The van der Waals surface area contributed by atoms with Crippen molar-refractivity contribution in [2.45, 2.75) is 44.1 Å². The van der Waals surface area contributed by atoms with Crippen molar-refractivity contribution in [1.82, 2.24) is 0 Å². The number of rotatable bonds is 4. The zero-order valence-corrected chi connectivity index (χ0v) is 10.1. The van der Waals surface area contributed by atoms with Crippen LogP contribution in [-0.4, -0.2) is 32.6 Å². The Morgan fingerprint density at radius 3 is 2.69 bits per heavy atom. The third-order valence-corrected chi connectivity index (χ3v) is 4.11. The molecule has 2 unspecified atom stereocenters. The van der Waals surface area contributed by atoms with Gasteiger partial charge in [0, 0.05) is 7.11 Å². The van der Waals surface area contributed by atoms with Crippen LogP contribution in [0.1, 0.15) is 38.5 Å². The van der Waals surface area contributed by atoms with E-state index in [0.29, 0.717) is 6.79 Å². The first kappa shape index (κ1) is 11.9. The Morgan fingerprint density at radius 1 is 1.19 bits per heavy atom. The molecule has 2 rings (SSSR count). The predicted molar refractivity (Wildman–Crippen MR) is 57.8 cm³/mol. The van der Waals surface area contributed by atoms with Gasteiger partial charge in [0.15, 0.2) is 0 Å². The monoisotopic (exact) mass is 228 g/mol. The molecule has 2 saturated carbocycles. The number of esters is 1. The fourth-order valence-electron chi connectivity index (χ4n) is 3.31. The van der Waals surface area contributed by atoms with Crippen LogP contribution in [-0.2, 0) is 19.0 Å².